The molecule has 0 amide bonds. The predicted octanol–water partition coefficient (Wildman–Crippen LogP) is 14.0. The predicted molar refractivity (Wildman–Crippen MR) is 235 cm³/mol. The Kier molecular flexibility index (Phi) is 7.67. The minimum Gasteiger partial charge on any atom is -0.333 e. The number of benzene rings is 8. The molecule has 2 unspecified atom stereocenters. The van der Waals surface area contributed by atoms with E-state index in [0.717, 1.165) is 0 Å². The molecule has 11 rings (SSSR count). The lowest BCUT2D eigenvalue weighted by Gasteiger charge is -2.31. The molecule has 2 heteroatoms. The van der Waals surface area contributed by atoms with Crippen LogP contribution >= 0.6 is 0 Å². The van der Waals surface area contributed by atoms with Gasteiger partial charge in [-0.2, -0.15) is 0 Å². The third kappa shape index (κ3) is 5.26. The van der Waals surface area contributed by atoms with Crippen molar-refractivity contribution in [3.05, 3.63) is 229 Å². The molecule has 0 saturated heterocycles. The van der Waals surface area contributed by atoms with Crippen molar-refractivity contribution < 1.29 is 0 Å². The first-order chi connectivity index (χ1) is 27.8. The summed E-state index contributed by atoms with van der Waals surface area (Å²) in [4.78, 5) is 2.55. The number of fused-ring (bicyclic) bond motifs is 7. The van der Waals surface area contributed by atoms with E-state index >= 15 is 0 Å². The summed E-state index contributed by atoms with van der Waals surface area (Å²) in [6.45, 7) is 0. The van der Waals surface area contributed by atoms with Crippen LogP contribution in [0.5, 0.6) is 0 Å². The third-order valence-electron chi connectivity index (χ3n) is 11.8. The summed E-state index contributed by atoms with van der Waals surface area (Å²) in [6, 6.07) is 75.3. The zero-order valence-electron chi connectivity index (χ0n) is 30.8. The van der Waals surface area contributed by atoms with Gasteiger partial charge < -0.3 is 9.47 Å². The van der Waals surface area contributed by atoms with Crippen LogP contribution in [0.25, 0.3) is 67.2 Å². The number of aromatic nitrogens is 1. The molecule has 8 aromatic carbocycles. The zero-order valence-corrected chi connectivity index (χ0v) is 30.8. The van der Waals surface area contributed by atoms with Crippen molar-refractivity contribution in [1.82, 2.24) is 4.57 Å². The SMILES string of the molecule is C1=CC2C(c3ccccc3N2c2ccc(-c3ccccc3-c3ccccc3)cc2)c2c1n(-c1cccc(-c3ccc(-c4ccccc4)cc3)c1)c1ccccc21. The molecule has 0 bridgehead atoms. The Balaban J connectivity index is 0.985. The topological polar surface area (TPSA) is 8.17 Å². The van der Waals surface area contributed by atoms with Crippen LogP contribution in [0, 0.1) is 0 Å². The maximum absolute atomic E-state index is 2.55. The highest BCUT2D eigenvalue weighted by Crippen LogP contribution is 2.54. The molecule has 0 fully saturated rings. The van der Waals surface area contributed by atoms with Gasteiger partial charge in [0.15, 0.2) is 0 Å². The first kappa shape index (κ1) is 32.3. The van der Waals surface area contributed by atoms with Crippen molar-refractivity contribution in [2.75, 3.05) is 4.90 Å². The number of anilines is 2. The lowest BCUT2D eigenvalue weighted by atomic mass is 9.82. The van der Waals surface area contributed by atoms with Gasteiger partial charge in [0.2, 0.25) is 0 Å². The third-order valence-corrected chi connectivity index (χ3v) is 11.8. The average Bonchev–Trinajstić information content (AvgIpc) is 3.80. The molecule has 0 saturated carbocycles. The van der Waals surface area contributed by atoms with E-state index in [-0.39, 0.29) is 12.0 Å². The summed E-state index contributed by atoms with van der Waals surface area (Å²) in [7, 11) is 0. The second-order valence-corrected chi connectivity index (χ2v) is 14.9. The molecule has 2 aliphatic rings. The van der Waals surface area contributed by atoms with Gasteiger partial charge in [-0.1, -0.05) is 176 Å². The number of nitrogens with zero attached hydrogens (tertiary/aromatic N) is 2. The van der Waals surface area contributed by atoms with E-state index in [1.165, 1.54) is 89.3 Å². The highest BCUT2D eigenvalue weighted by atomic mass is 15.2. The van der Waals surface area contributed by atoms with Crippen molar-refractivity contribution >= 4 is 28.4 Å². The van der Waals surface area contributed by atoms with E-state index < -0.39 is 0 Å². The molecule has 0 radical (unpaired) electrons. The van der Waals surface area contributed by atoms with Gasteiger partial charge in [0.05, 0.1) is 17.3 Å². The van der Waals surface area contributed by atoms with Gasteiger partial charge in [-0.05, 0) is 98.1 Å². The van der Waals surface area contributed by atoms with E-state index in [1.54, 1.807) is 0 Å². The Labute approximate surface area is 327 Å². The molecule has 1 aliphatic heterocycles. The van der Waals surface area contributed by atoms with E-state index in [0.29, 0.717) is 0 Å². The van der Waals surface area contributed by atoms with Gasteiger partial charge in [0, 0.05) is 28.4 Å². The molecule has 0 spiro atoms. The van der Waals surface area contributed by atoms with Crippen molar-refractivity contribution in [3.8, 4) is 50.2 Å². The highest BCUT2D eigenvalue weighted by Gasteiger charge is 2.43. The van der Waals surface area contributed by atoms with Crippen molar-refractivity contribution in [1.29, 1.82) is 0 Å². The lowest BCUT2D eigenvalue weighted by Crippen LogP contribution is -2.30. The van der Waals surface area contributed by atoms with E-state index in [4.69, 9.17) is 0 Å². The summed E-state index contributed by atoms with van der Waals surface area (Å²) in [5.74, 6) is 0.185. The summed E-state index contributed by atoms with van der Waals surface area (Å²) in [5.41, 5.74) is 18.7. The van der Waals surface area contributed by atoms with Crippen LogP contribution in [-0.2, 0) is 0 Å². The molecule has 0 N–H and O–H groups in total. The Morgan fingerprint density at radius 1 is 0.393 bits per heavy atom. The number of hydrogen-bond acceptors (Lipinski definition) is 1. The van der Waals surface area contributed by atoms with E-state index in [2.05, 4.69) is 228 Å². The summed E-state index contributed by atoms with van der Waals surface area (Å²) >= 11 is 0. The molecule has 2 atom stereocenters. The standard InChI is InChI=1S/C54H38N2/c1-3-14-37(15-4-1)38-26-28-39(29-27-38)42-18-13-19-44(36-42)56-50-25-12-10-23-48(50)54-52(56)35-34-51-53(54)47-22-9-11-24-49(47)55(51)43-32-30-41(31-33-43)46-21-8-7-20-45(46)40-16-5-2-6-17-40/h1-36,51,53H. The Hall–Kier alpha value is -7.16. The van der Waals surface area contributed by atoms with Gasteiger partial charge in [0.25, 0.3) is 0 Å². The Morgan fingerprint density at radius 2 is 0.946 bits per heavy atom. The minimum atomic E-state index is 0.149. The molecule has 56 heavy (non-hydrogen) atoms. The van der Waals surface area contributed by atoms with Crippen LogP contribution in [0.15, 0.2) is 212 Å². The normalized spacial score (nSPS) is 15.4. The second-order valence-electron chi connectivity index (χ2n) is 14.9. The highest BCUT2D eigenvalue weighted by molar-refractivity contribution is 5.95. The van der Waals surface area contributed by atoms with E-state index in [1.807, 2.05) is 0 Å². The van der Waals surface area contributed by atoms with Crippen LogP contribution in [-0.4, -0.2) is 10.6 Å². The fraction of sp³-hybridized carbons (Fsp3) is 0.0370. The monoisotopic (exact) mass is 714 g/mol. The van der Waals surface area contributed by atoms with Gasteiger partial charge >= 0.3 is 0 Å². The van der Waals surface area contributed by atoms with Gasteiger partial charge in [-0.3, -0.25) is 0 Å². The summed E-state index contributed by atoms with van der Waals surface area (Å²) in [6.07, 6.45) is 4.81. The van der Waals surface area contributed by atoms with Crippen LogP contribution in [0.1, 0.15) is 22.7 Å². The quantitative estimate of drug-likeness (QED) is 0.166. The molecule has 9 aromatic rings. The summed E-state index contributed by atoms with van der Waals surface area (Å²) in [5, 5.41) is 1.31. The lowest BCUT2D eigenvalue weighted by molar-refractivity contribution is 0.725. The fourth-order valence-electron chi connectivity index (χ4n) is 9.26. The molecule has 2 heterocycles. The minimum absolute atomic E-state index is 0.149. The molecule has 2 nitrogen and oxygen atoms in total. The van der Waals surface area contributed by atoms with Crippen LogP contribution in [0.4, 0.5) is 11.4 Å². The maximum atomic E-state index is 2.55. The largest absolute Gasteiger partial charge is 0.333 e. The van der Waals surface area contributed by atoms with Gasteiger partial charge in [-0.25, -0.2) is 0 Å². The fourth-order valence-corrected chi connectivity index (χ4v) is 9.26. The van der Waals surface area contributed by atoms with Crippen LogP contribution in [0.2, 0.25) is 0 Å². The summed E-state index contributed by atoms with van der Waals surface area (Å²) < 4.78 is 2.48. The molecular formula is C54H38N2. The molecule has 264 valence electrons. The van der Waals surface area contributed by atoms with Gasteiger partial charge in [-0.15, -0.1) is 0 Å². The molecule has 1 aliphatic carbocycles. The van der Waals surface area contributed by atoms with Crippen molar-refractivity contribution in [3.63, 3.8) is 0 Å². The smallest absolute Gasteiger partial charge is 0.0637 e. The Bertz CT molecular complexity index is 2900. The van der Waals surface area contributed by atoms with Crippen molar-refractivity contribution in [2.45, 2.75) is 12.0 Å². The van der Waals surface area contributed by atoms with Crippen molar-refractivity contribution in [2.24, 2.45) is 0 Å². The first-order valence-corrected chi connectivity index (χ1v) is 19.5. The second kappa shape index (κ2) is 13.3. The molecule has 1 aromatic heterocycles. The number of rotatable bonds is 6. The average molecular weight is 715 g/mol. The molecular weight excluding hydrogens is 677 g/mol. The number of para-hydroxylation sites is 2. The van der Waals surface area contributed by atoms with E-state index in [9.17, 15) is 0 Å². The number of hydrogen-bond donors (Lipinski definition) is 0. The first-order valence-electron chi connectivity index (χ1n) is 19.5. The van der Waals surface area contributed by atoms with Crippen LogP contribution < -0.4 is 4.90 Å². The Morgan fingerprint density at radius 3 is 1.70 bits per heavy atom. The maximum Gasteiger partial charge on any atom is 0.0637 e. The zero-order chi connectivity index (χ0) is 37.0. The van der Waals surface area contributed by atoms with Gasteiger partial charge in [0.1, 0.15) is 0 Å². The van der Waals surface area contributed by atoms with Crippen LogP contribution in [0.3, 0.4) is 0 Å².